The molecule has 1 aromatic carbocycles. The highest BCUT2D eigenvalue weighted by atomic mass is 16.5. The summed E-state index contributed by atoms with van der Waals surface area (Å²) in [6.07, 6.45) is 0. The molecule has 1 N–H and O–H groups in total. The van der Waals surface area contributed by atoms with Crippen LogP contribution in [0.3, 0.4) is 0 Å². The Morgan fingerprint density at radius 3 is 2.53 bits per heavy atom. The average molecular weight is 259 g/mol. The number of hydrogen-bond donors (Lipinski definition) is 1. The molecule has 1 heterocycles. The summed E-state index contributed by atoms with van der Waals surface area (Å²) in [5, 5.41) is 9.09. The molecule has 1 aromatic heterocycles. The van der Waals surface area contributed by atoms with Crippen LogP contribution in [-0.4, -0.2) is 30.3 Å². The number of carboxylic acids is 1. The zero-order chi connectivity index (χ0) is 13.8. The lowest BCUT2D eigenvalue weighted by molar-refractivity contribution is 0.0696. The van der Waals surface area contributed by atoms with Crippen molar-refractivity contribution in [1.82, 2.24) is 4.98 Å². The maximum absolute atomic E-state index is 11.1. The average Bonchev–Trinajstić information content (AvgIpc) is 2.46. The minimum absolute atomic E-state index is 0.118. The first kappa shape index (κ1) is 12.9. The third-order valence-electron chi connectivity index (χ3n) is 2.64. The molecule has 0 spiro atoms. The number of aromatic nitrogens is 1. The van der Waals surface area contributed by atoms with Gasteiger partial charge in [-0.2, -0.15) is 0 Å². The first-order chi connectivity index (χ1) is 9.15. The van der Waals surface area contributed by atoms with Gasteiger partial charge in [0.05, 0.1) is 25.5 Å². The van der Waals surface area contributed by atoms with Gasteiger partial charge in [0, 0.05) is 11.6 Å². The quantitative estimate of drug-likeness (QED) is 0.913. The summed E-state index contributed by atoms with van der Waals surface area (Å²) in [4.78, 5) is 15.3. The first-order valence-electron chi connectivity index (χ1n) is 5.58. The van der Waals surface area contributed by atoms with Gasteiger partial charge < -0.3 is 14.6 Å². The zero-order valence-corrected chi connectivity index (χ0v) is 10.6. The van der Waals surface area contributed by atoms with Gasteiger partial charge in [-0.1, -0.05) is 12.1 Å². The third kappa shape index (κ3) is 2.65. The molecule has 98 valence electrons. The highest BCUT2D eigenvalue weighted by molar-refractivity contribution is 5.89. The summed E-state index contributed by atoms with van der Waals surface area (Å²) in [6, 6.07) is 10.1. The van der Waals surface area contributed by atoms with Crippen LogP contribution >= 0.6 is 0 Å². The Morgan fingerprint density at radius 1 is 1.16 bits per heavy atom. The van der Waals surface area contributed by atoms with Crippen LogP contribution in [0.5, 0.6) is 11.6 Å². The molecule has 0 saturated heterocycles. The SMILES string of the molecule is COc1cc(C(=O)O)cc(-c2ccccc2OC)n1. The Morgan fingerprint density at radius 2 is 1.89 bits per heavy atom. The Hall–Kier alpha value is -2.56. The fourth-order valence-electron chi connectivity index (χ4n) is 1.73. The van der Waals surface area contributed by atoms with E-state index in [-0.39, 0.29) is 11.4 Å². The molecular formula is C14H13NO4. The van der Waals surface area contributed by atoms with Gasteiger partial charge in [0.2, 0.25) is 5.88 Å². The molecule has 2 rings (SSSR count). The van der Waals surface area contributed by atoms with Gasteiger partial charge in [0.1, 0.15) is 5.75 Å². The number of methoxy groups -OCH3 is 2. The molecule has 0 radical (unpaired) electrons. The van der Waals surface area contributed by atoms with Crippen LogP contribution in [-0.2, 0) is 0 Å². The number of carboxylic acid groups (broad SMARTS) is 1. The van der Waals surface area contributed by atoms with E-state index in [1.165, 1.54) is 19.2 Å². The second-order valence-electron chi connectivity index (χ2n) is 3.79. The highest BCUT2D eigenvalue weighted by Crippen LogP contribution is 2.30. The minimum Gasteiger partial charge on any atom is -0.496 e. The minimum atomic E-state index is -1.03. The number of aromatic carboxylic acids is 1. The van der Waals surface area contributed by atoms with Crippen LogP contribution in [0, 0.1) is 0 Å². The molecule has 2 aromatic rings. The maximum atomic E-state index is 11.1. The summed E-state index contributed by atoms with van der Waals surface area (Å²) in [6.45, 7) is 0. The van der Waals surface area contributed by atoms with E-state index < -0.39 is 5.97 Å². The molecule has 0 amide bonds. The molecule has 5 heteroatoms. The van der Waals surface area contributed by atoms with Crippen molar-refractivity contribution in [3.8, 4) is 22.9 Å². The van der Waals surface area contributed by atoms with Gasteiger partial charge >= 0.3 is 5.97 Å². The van der Waals surface area contributed by atoms with E-state index >= 15 is 0 Å². The van der Waals surface area contributed by atoms with E-state index in [1.807, 2.05) is 18.2 Å². The lowest BCUT2D eigenvalue weighted by Crippen LogP contribution is -2.00. The number of ether oxygens (including phenoxy) is 2. The van der Waals surface area contributed by atoms with Gasteiger partial charge in [-0.25, -0.2) is 9.78 Å². The summed E-state index contributed by atoms with van der Waals surface area (Å²) in [5.74, 6) is -0.155. The second-order valence-corrected chi connectivity index (χ2v) is 3.79. The molecule has 0 bridgehead atoms. The number of nitrogens with zero attached hydrogens (tertiary/aromatic N) is 1. The zero-order valence-electron chi connectivity index (χ0n) is 10.6. The fraction of sp³-hybridized carbons (Fsp3) is 0.143. The molecule has 0 fully saturated rings. The second kappa shape index (κ2) is 5.39. The molecule has 0 atom stereocenters. The molecule has 0 unspecified atom stereocenters. The number of pyridine rings is 1. The standard InChI is InChI=1S/C14H13NO4/c1-18-12-6-4-3-5-10(12)11-7-9(14(16)17)8-13(15-11)19-2/h3-8H,1-2H3,(H,16,17). The molecule has 0 saturated carbocycles. The summed E-state index contributed by atoms with van der Waals surface area (Å²) < 4.78 is 10.3. The number of rotatable bonds is 4. The summed E-state index contributed by atoms with van der Waals surface area (Å²) in [7, 11) is 3.00. The van der Waals surface area contributed by atoms with Crippen LogP contribution in [0.1, 0.15) is 10.4 Å². The Kier molecular flexibility index (Phi) is 3.66. The number of carbonyl (C=O) groups is 1. The van der Waals surface area contributed by atoms with E-state index in [2.05, 4.69) is 4.98 Å². The Labute approximate surface area is 110 Å². The monoisotopic (exact) mass is 259 g/mol. The van der Waals surface area contributed by atoms with Crippen molar-refractivity contribution in [2.75, 3.05) is 14.2 Å². The van der Waals surface area contributed by atoms with E-state index in [0.717, 1.165) is 0 Å². The van der Waals surface area contributed by atoms with E-state index in [4.69, 9.17) is 14.6 Å². The Bertz CT molecular complexity index is 610. The van der Waals surface area contributed by atoms with E-state index in [9.17, 15) is 4.79 Å². The van der Waals surface area contributed by atoms with Crippen molar-refractivity contribution in [2.24, 2.45) is 0 Å². The van der Waals surface area contributed by atoms with Gasteiger partial charge in [-0.3, -0.25) is 0 Å². The summed E-state index contributed by atoms with van der Waals surface area (Å²) in [5.41, 5.74) is 1.33. The van der Waals surface area contributed by atoms with E-state index in [1.54, 1.807) is 13.2 Å². The smallest absolute Gasteiger partial charge is 0.335 e. The van der Waals surface area contributed by atoms with Gasteiger partial charge in [-0.05, 0) is 18.2 Å². The third-order valence-corrected chi connectivity index (χ3v) is 2.64. The molecule has 0 aliphatic rings. The van der Waals surface area contributed by atoms with Gasteiger partial charge in [0.15, 0.2) is 0 Å². The van der Waals surface area contributed by atoms with Crippen molar-refractivity contribution in [1.29, 1.82) is 0 Å². The predicted molar refractivity (Wildman–Crippen MR) is 69.7 cm³/mol. The van der Waals surface area contributed by atoms with Gasteiger partial charge in [-0.15, -0.1) is 0 Å². The largest absolute Gasteiger partial charge is 0.496 e. The number of hydrogen-bond acceptors (Lipinski definition) is 4. The van der Waals surface area contributed by atoms with Crippen molar-refractivity contribution < 1.29 is 19.4 Å². The van der Waals surface area contributed by atoms with Gasteiger partial charge in [0.25, 0.3) is 0 Å². The van der Waals surface area contributed by atoms with Crippen LogP contribution in [0.15, 0.2) is 36.4 Å². The Balaban J connectivity index is 2.61. The van der Waals surface area contributed by atoms with Crippen molar-refractivity contribution >= 4 is 5.97 Å². The number of para-hydroxylation sites is 1. The topological polar surface area (TPSA) is 68.7 Å². The van der Waals surface area contributed by atoms with Crippen LogP contribution < -0.4 is 9.47 Å². The fourth-order valence-corrected chi connectivity index (χ4v) is 1.73. The molecule has 5 nitrogen and oxygen atoms in total. The van der Waals surface area contributed by atoms with Crippen molar-refractivity contribution in [3.63, 3.8) is 0 Å². The first-order valence-corrected chi connectivity index (χ1v) is 5.58. The van der Waals surface area contributed by atoms with Crippen LogP contribution in [0.4, 0.5) is 0 Å². The lowest BCUT2D eigenvalue weighted by atomic mass is 10.1. The number of benzene rings is 1. The van der Waals surface area contributed by atoms with E-state index in [0.29, 0.717) is 17.0 Å². The van der Waals surface area contributed by atoms with Crippen LogP contribution in [0.25, 0.3) is 11.3 Å². The molecular weight excluding hydrogens is 246 g/mol. The molecule has 0 aliphatic carbocycles. The maximum Gasteiger partial charge on any atom is 0.335 e. The summed E-state index contributed by atoms with van der Waals surface area (Å²) >= 11 is 0. The highest BCUT2D eigenvalue weighted by Gasteiger charge is 2.12. The van der Waals surface area contributed by atoms with Crippen LogP contribution in [0.2, 0.25) is 0 Å². The normalized spacial score (nSPS) is 10.0. The van der Waals surface area contributed by atoms with Crippen molar-refractivity contribution in [2.45, 2.75) is 0 Å². The lowest BCUT2D eigenvalue weighted by Gasteiger charge is -2.09. The molecule has 0 aliphatic heterocycles. The van der Waals surface area contributed by atoms with Crippen molar-refractivity contribution in [3.05, 3.63) is 42.0 Å². The predicted octanol–water partition coefficient (Wildman–Crippen LogP) is 2.46. The molecule has 19 heavy (non-hydrogen) atoms.